The Kier molecular flexibility index (Phi) is 1.96. The molecule has 2 heteroatoms. The Morgan fingerprint density at radius 2 is 2.36 bits per heavy atom. The summed E-state index contributed by atoms with van der Waals surface area (Å²) in [7, 11) is 0. The highest BCUT2D eigenvalue weighted by molar-refractivity contribution is 5.15. The molecule has 1 aliphatic carbocycles. The minimum absolute atomic E-state index is 0.206. The van der Waals surface area contributed by atoms with E-state index < -0.39 is 0 Å². The van der Waals surface area contributed by atoms with E-state index in [1.807, 2.05) is 6.08 Å². The molecule has 2 aliphatic rings. The highest BCUT2D eigenvalue weighted by Crippen LogP contribution is 2.28. The van der Waals surface area contributed by atoms with Crippen LogP contribution in [0.15, 0.2) is 11.6 Å². The van der Waals surface area contributed by atoms with E-state index in [1.165, 1.54) is 5.57 Å². The molecule has 62 valence electrons. The summed E-state index contributed by atoms with van der Waals surface area (Å²) in [5.41, 5.74) is 1.33. The number of fused-ring (bicyclic) bond motifs is 1. The van der Waals surface area contributed by atoms with Crippen molar-refractivity contribution in [2.75, 3.05) is 6.61 Å². The van der Waals surface area contributed by atoms with E-state index in [4.69, 9.17) is 4.74 Å². The van der Waals surface area contributed by atoms with Gasteiger partial charge < -0.3 is 9.84 Å². The zero-order chi connectivity index (χ0) is 7.68. The molecule has 11 heavy (non-hydrogen) atoms. The van der Waals surface area contributed by atoms with Gasteiger partial charge in [-0.1, -0.05) is 6.08 Å². The van der Waals surface area contributed by atoms with Crippen LogP contribution in [0.1, 0.15) is 25.7 Å². The highest BCUT2D eigenvalue weighted by Gasteiger charge is 2.24. The van der Waals surface area contributed by atoms with Crippen LogP contribution in [-0.4, -0.2) is 23.9 Å². The van der Waals surface area contributed by atoms with Gasteiger partial charge in [-0.2, -0.15) is 0 Å². The van der Waals surface area contributed by atoms with E-state index in [1.54, 1.807) is 0 Å². The summed E-state index contributed by atoms with van der Waals surface area (Å²) in [5, 5.41) is 9.32. The van der Waals surface area contributed by atoms with Crippen LogP contribution in [0.2, 0.25) is 0 Å². The topological polar surface area (TPSA) is 29.5 Å². The predicted octanol–water partition coefficient (Wildman–Crippen LogP) is 1.25. The lowest BCUT2D eigenvalue weighted by Gasteiger charge is -2.30. The number of hydrogen-bond acceptors (Lipinski definition) is 2. The molecule has 1 heterocycles. The molecule has 2 atom stereocenters. The molecule has 0 amide bonds. The van der Waals surface area contributed by atoms with Crippen molar-refractivity contribution < 1.29 is 9.84 Å². The van der Waals surface area contributed by atoms with Gasteiger partial charge in [0, 0.05) is 6.61 Å². The maximum absolute atomic E-state index is 9.32. The molecule has 0 aromatic carbocycles. The Morgan fingerprint density at radius 1 is 1.45 bits per heavy atom. The normalized spacial score (nSPS) is 37.7. The molecule has 1 N–H and O–H groups in total. The van der Waals surface area contributed by atoms with E-state index in [9.17, 15) is 5.11 Å². The molecule has 2 nitrogen and oxygen atoms in total. The first-order chi connectivity index (χ1) is 5.36. The predicted molar refractivity (Wildman–Crippen MR) is 42.3 cm³/mol. The summed E-state index contributed by atoms with van der Waals surface area (Å²) in [4.78, 5) is 0. The molecular formula is C9H14O2. The van der Waals surface area contributed by atoms with Gasteiger partial charge in [0.25, 0.3) is 0 Å². The van der Waals surface area contributed by atoms with Crippen molar-refractivity contribution in [3.8, 4) is 0 Å². The summed E-state index contributed by atoms with van der Waals surface area (Å²) < 4.78 is 5.55. The Labute approximate surface area is 66.9 Å². The first kappa shape index (κ1) is 7.32. The van der Waals surface area contributed by atoms with Crippen LogP contribution in [0.25, 0.3) is 0 Å². The molecule has 1 fully saturated rings. The van der Waals surface area contributed by atoms with Crippen LogP contribution >= 0.6 is 0 Å². The van der Waals surface area contributed by atoms with Gasteiger partial charge in [-0.05, 0) is 31.3 Å². The van der Waals surface area contributed by atoms with Crippen LogP contribution in [0.3, 0.4) is 0 Å². The number of rotatable bonds is 0. The Morgan fingerprint density at radius 3 is 3.27 bits per heavy atom. The molecule has 0 bridgehead atoms. The smallest absolute Gasteiger partial charge is 0.0787 e. The second kappa shape index (κ2) is 2.95. The average molecular weight is 154 g/mol. The van der Waals surface area contributed by atoms with Crippen LogP contribution < -0.4 is 0 Å². The lowest BCUT2D eigenvalue weighted by molar-refractivity contribution is 0.0299. The van der Waals surface area contributed by atoms with Crippen LogP contribution in [-0.2, 0) is 4.74 Å². The standard InChI is InChI=1S/C9H14O2/c10-8-3-4-9-7(6-8)2-1-5-11-9/h6,8-10H,1-5H2. The summed E-state index contributed by atoms with van der Waals surface area (Å²) in [6.07, 6.45) is 6.24. The number of aliphatic hydroxyl groups is 1. The van der Waals surface area contributed by atoms with Gasteiger partial charge in [0.2, 0.25) is 0 Å². The molecule has 2 unspecified atom stereocenters. The third kappa shape index (κ3) is 1.47. The van der Waals surface area contributed by atoms with Crippen molar-refractivity contribution in [2.24, 2.45) is 0 Å². The molecular weight excluding hydrogens is 140 g/mol. The van der Waals surface area contributed by atoms with Crippen molar-refractivity contribution in [1.82, 2.24) is 0 Å². The Balaban J connectivity index is 2.10. The first-order valence-corrected chi connectivity index (χ1v) is 4.36. The third-order valence-corrected chi connectivity index (χ3v) is 2.47. The van der Waals surface area contributed by atoms with Crippen molar-refractivity contribution in [3.63, 3.8) is 0 Å². The van der Waals surface area contributed by atoms with Gasteiger partial charge in [-0.25, -0.2) is 0 Å². The summed E-state index contributed by atoms with van der Waals surface area (Å²) in [6.45, 7) is 0.901. The van der Waals surface area contributed by atoms with E-state index in [0.717, 1.165) is 32.3 Å². The largest absolute Gasteiger partial charge is 0.389 e. The quantitative estimate of drug-likeness (QED) is 0.532. The molecule has 1 saturated heterocycles. The molecule has 1 aliphatic heterocycles. The van der Waals surface area contributed by atoms with Gasteiger partial charge in [-0.3, -0.25) is 0 Å². The van der Waals surface area contributed by atoms with Crippen molar-refractivity contribution in [2.45, 2.75) is 37.9 Å². The molecule has 0 aromatic rings. The van der Waals surface area contributed by atoms with Gasteiger partial charge in [0.15, 0.2) is 0 Å². The zero-order valence-corrected chi connectivity index (χ0v) is 6.62. The summed E-state index contributed by atoms with van der Waals surface area (Å²) >= 11 is 0. The second-order valence-electron chi connectivity index (χ2n) is 3.35. The molecule has 2 rings (SSSR count). The fourth-order valence-corrected chi connectivity index (χ4v) is 1.88. The number of hydrogen-bond donors (Lipinski definition) is 1. The lowest BCUT2D eigenvalue weighted by Crippen LogP contribution is -2.28. The van der Waals surface area contributed by atoms with Gasteiger partial charge >= 0.3 is 0 Å². The molecule has 0 spiro atoms. The molecule has 0 radical (unpaired) electrons. The third-order valence-electron chi connectivity index (χ3n) is 2.47. The van der Waals surface area contributed by atoms with Gasteiger partial charge in [-0.15, -0.1) is 0 Å². The van der Waals surface area contributed by atoms with Crippen molar-refractivity contribution in [1.29, 1.82) is 0 Å². The fourth-order valence-electron chi connectivity index (χ4n) is 1.88. The SMILES string of the molecule is OC1C=C2CCCOC2CC1. The molecule has 0 aromatic heterocycles. The average Bonchev–Trinajstić information content (AvgIpc) is 2.04. The first-order valence-electron chi connectivity index (χ1n) is 4.36. The molecule has 0 saturated carbocycles. The highest BCUT2D eigenvalue weighted by atomic mass is 16.5. The van der Waals surface area contributed by atoms with E-state index in [-0.39, 0.29) is 6.10 Å². The monoisotopic (exact) mass is 154 g/mol. The lowest BCUT2D eigenvalue weighted by atomic mass is 9.90. The number of ether oxygens (including phenoxy) is 1. The Hall–Kier alpha value is -0.340. The Bertz CT molecular complexity index is 174. The zero-order valence-electron chi connectivity index (χ0n) is 6.62. The maximum Gasteiger partial charge on any atom is 0.0787 e. The minimum Gasteiger partial charge on any atom is -0.389 e. The van der Waals surface area contributed by atoms with Crippen LogP contribution in [0.4, 0.5) is 0 Å². The van der Waals surface area contributed by atoms with E-state index >= 15 is 0 Å². The van der Waals surface area contributed by atoms with Crippen molar-refractivity contribution >= 4 is 0 Å². The fraction of sp³-hybridized carbons (Fsp3) is 0.778. The second-order valence-corrected chi connectivity index (χ2v) is 3.35. The van der Waals surface area contributed by atoms with Crippen LogP contribution in [0.5, 0.6) is 0 Å². The van der Waals surface area contributed by atoms with Crippen LogP contribution in [0, 0.1) is 0 Å². The van der Waals surface area contributed by atoms with Crippen molar-refractivity contribution in [3.05, 3.63) is 11.6 Å². The van der Waals surface area contributed by atoms with Gasteiger partial charge in [0.05, 0.1) is 12.2 Å². The van der Waals surface area contributed by atoms with E-state index in [0.29, 0.717) is 6.10 Å². The minimum atomic E-state index is -0.206. The number of aliphatic hydroxyl groups excluding tert-OH is 1. The van der Waals surface area contributed by atoms with Gasteiger partial charge in [0.1, 0.15) is 0 Å². The van der Waals surface area contributed by atoms with E-state index in [2.05, 4.69) is 0 Å². The summed E-state index contributed by atoms with van der Waals surface area (Å²) in [6, 6.07) is 0. The summed E-state index contributed by atoms with van der Waals surface area (Å²) in [5.74, 6) is 0. The maximum atomic E-state index is 9.32.